The summed E-state index contributed by atoms with van der Waals surface area (Å²) in [6.07, 6.45) is 1.93. The van der Waals surface area contributed by atoms with Crippen LogP contribution >= 0.6 is 0 Å². The lowest BCUT2D eigenvalue weighted by Gasteiger charge is -2.17. The molecule has 0 radical (unpaired) electrons. The molecule has 7 nitrogen and oxygen atoms in total. The first kappa shape index (κ1) is 22.7. The highest BCUT2D eigenvalue weighted by atomic mass is 16.5. The zero-order chi connectivity index (χ0) is 22.1. The first-order chi connectivity index (χ1) is 14.3. The fourth-order valence-electron chi connectivity index (χ4n) is 2.42. The van der Waals surface area contributed by atoms with Crippen LogP contribution in [0.1, 0.15) is 25.0 Å². The molecule has 0 heterocycles. The van der Waals surface area contributed by atoms with E-state index in [0.717, 1.165) is 11.1 Å². The van der Waals surface area contributed by atoms with Gasteiger partial charge in [-0.15, -0.1) is 0 Å². The Kier molecular flexibility index (Phi) is 8.17. The van der Waals surface area contributed by atoms with Crippen molar-refractivity contribution in [2.45, 2.75) is 32.9 Å². The van der Waals surface area contributed by atoms with E-state index in [1.165, 1.54) is 19.9 Å². The van der Waals surface area contributed by atoms with Crippen LogP contribution in [0.15, 0.2) is 54.6 Å². The highest BCUT2D eigenvalue weighted by molar-refractivity contribution is 5.97. The van der Waals surface area contributed by atoms with Crippen LogP contribution in [0, 0.1) is 6.92 Å². The number of ether oxygens (including phenoxy) is 2. The number of nitrogens with one attached hydrogen (secondary N) is 2. The van der Waals surface area contributed by atoms with Crippen LogP contribution in [-0.2, 0) is 19.1 Å². The van der Waals surface area contributed by atoms with E-state index in [4.69, 9.17) is 9.47 Å². The van der Waals surface area contributed by atoms with Crippen LogP contribution in [0.4, 0.5) is 5.69 Å². The first-order valence-electron chi connectivity index (χ1n) is 9.49. The molecular formula is C23H26N2O5. The minimum Gasteiger partial charge on any atom is -0.497 e. The van der Waals surface area contributed by atoms with Gasteiger partial charge >= 0.3 is 5.97 Å². The lowest BCUT2D eigenvalue weighted by atomic mass is 10.2. The molecule has 0 aliphatic heterocycles. The Morgan fingerprint density at radius 1 is 0.967 bits per heavy atom. The summed E-state index contributed by atoms with van der Waals surface area (Å²) >= 11 is 0. The first-order valence-corrected chi connectivity index (χ1v) is 9.49. The van der Waals surface area contributed by atoms with Crippen LogP contribution in [0.25, 0.3) is 6.08 Å². The van der Waals surface area contributed by atoms with Gasteiger partial charge in [0.15, 0.2) is 6.10 Å². The van der Waals surface area contributed by atoms with Crippen molar-refractivity contribution in [3.63, 3.8) is 0 Å². The van der Waals surface area contributed by atoms with E-state index in [-0.39, 0.29) is 0 Å². The summed E-state index contributed by atoms with van der Waals surface area (Å²) in [7, 11) is 1.58. The van der Waals surface area contributed by atoms with Gasteiger partial charge in [-0.05, 0) is 56.7 Å². The normalized spacial score (nSPS) is 12.7. The predicted molar refractivity (Wildman–Crippen MR) is 115 cm³/mol. The number of carbonyl (C=O) groups excluding carboxylic acids is 3. The van der Waals surface area contributed by atoms with Gasteiger partial charge in [0.1, 0.15) is 11.8 Å². The van der Waals surface area contributed by atoms with Gasteiger partial charge in [0, 0.05) is 11.8 Å². The Balaban J connectivity index is 1.82. The molecule has 7 heteroatoms. The van der Waals surface area contributed by atoms with Gasteiger partial charge in [-0.25, -0.2) is 4.79 Å². The highest BCUT2D eigenvalue weighted by Gasteiger charge is 2.22. The minimum absolute atomic E-state index is 0.452. The molecule has 2 aromatic carbocycles. The molecule has 0 bridgehead atoms. The number of amides is 2. The molecule has 158 valence electrons. The van der Waals surface area contributed by atoms with Crippen molar-refractivity contribution in [2.24, 2.45) is 0 Å². The molecule has 30 heavy (non-hydrogen) atoms. The van der Waals surface area contributed by atoms with Gasteiger partial charge in [0.05, 0.1) is 7.11 Å². The van der Waals surface area contributed by atoms with E-state index in [2.05, 4.69) is 10.6 Å². The van der Waals surface area contributed by atoms with Crippen molar-refractivity contribution >= 4 is 29.5 Å². The zero-order valence-electron chi connectivity index (χ0n) is 17.5. The molecule has 0 aliphatic carbocycles. The Hall–Kier alpha value is -3.61. The number of hydrogen-bond donors (Lipinski definition) is 2. The average Bonchev–Trinajstić information content (AvgIpc) is 2.74. The molecule has 0 aromatic heterocycles. The smallest absolute Gasteiger partial charge is 0.329 e. The molecule has 2 aromatic rings. The molecule has 2 N–H and O–H groups in total. The van der Waals surface area contributed by atoms with Crippen LogP contribution in [0.3, 0.4) is 0 Å². The highest BCUT2D eigenvalue weighted by Crippen LogP contribution is 2.12. The maximum atomic E-state index is 12.2. The standard InChI is InChI=1S/C23H26N2O5/c1-15-5-10-19(11-6-15)25-22(27)17(3)30-23(28)16(2)24-21(26)14-9-18-7-12-20(29-4)13-8-18/h5-14,16-17H,1-4H3,(H,24,26)(H,25,27)/b14-9+/t16-,17?/m0/s1. The molecular weight excluding hydrogens is 384 g/mol. The second-order valence-electron chi connectivity index (χ2n) is 6.77. The molecule has 0 saturated heterocycles. The van der Waals surface area contributed by atoms with Gasteiger partial charge < -0.3 is 20.1 Å². The second-order valence-corrected chi connectivity index (χ2v) is 6.77. The van der Waals surface area contributed by atoms with E-state index in [1.807, 2.05) is 19.1 Å². The van der Waals surface area contributed by atoms with E-state index in [9.17, 15) is 14.4 Å². The Labute approximate surface area is 176 Å². The van der Waals surface area contributed by atoms with Crippen molar-refractivity contribution in [3.8, 4) is 5.75 Å². The lowest BCUT2D eigenvalue weighted by molar-refractivity contribution is -0.155. The number of anilines is 1. The molecule has 2 atom stereocenters. The zero-order valence-corrected chi connectivity index (χ0v) is 17.5. The number of rotatable bonds is 8. The van der Waals surface area contributed by atoms with Gasteiger partial charge in [0.2, 0.25) is 5.91 Å². The van der Waals surface area contributed by atoms with Crippen LogP contribution in [0.5, 0.6) is 5.75 Å². The van der Waals surface area contributed by atoms with Gasteiger partial charge in [-0.2, -0.15) is 0 Å². The van der Waals surface area contributed by atoms with E-state index in [0.29, 0.717) is 11.4 Å². The third-order valence-corrected chi connectivity index (χ3v) is 4.24. The SMILES string of the molecule is COc1ccc(/C=C/C(=O)N[C@@H](C)C(=O)OC(C)C(=O)Nc2ccc(C)cc2)cc1. The van der Waals surface area contributed by atoms with E-state index in [1.54, 1.807) is 49.6 Å². The third-order valence-electron chi connectivity index (χ3n) is 4.24. The second kappa shape index (κ2) is 10.8. The summed E-state index contributed by atoms with van der Waals surface area (Å²) < 4.78 is 10.2. The summed E-state index contributed by atoms with van der Waals surface area (Å²) in [6, 6.07) is 13.5. The summed E-state index contributed by atoms with van der Waals surface area (Å²) in [6.45, 7) is 4.91. The van der Waals surface area contributed by atoms with Crippen molar-refractivity contribution in [3.05, 3.63) is 65.7 Å². The van der Waals surface area contributed by atoms with Crippen LogP contribution < -0.4 is 15.4 Å². The van der Waals surface area contributed by atoms with Crippen molar-refractivity contribution in [1.82, 2.24) is 5.32 Å². The molecule has 0 spiro atoms. The van der Waals surface area contributed by atoms with Crippen molar-refractivity contribution < 1.29 is 23.9 Å². The van der Waals surface area contributed by atoms with Crippen LogP contribution in [0.2, 0.25) is 0 Å². The average molecular weight is 410 g/mol. The number of methoxy groups -OCH3 is 1. The number of benzene rings is 2. The summed E-state index contributed by atoms with van der Waals surface area (Å²) in [4.78, 5) is 36.4. The molecule has 2 amide bonds. The molecule has 0 fully saturated rings. The summed E-state index contributed by atoms with van der Waals surface area (Å²) in [5, 5.41) is 5.19. The number of hydrogen-bond acceptors (Lipinski definition) is 5. The summed E-state index contributed by atoms with van der Waals surface area (Å²) in [5.41, 5.74) is 2.49. The van der Waals surface area contributed by atoms with Gasteiger partial charge in [0.25, 0.3) is 5.91 Å². The van der Waals surface area contributed by atoms with E-state index < -0.39 is 29.9 Å². The van der Waals surface area contributed by atoms with Crippen LogP contribution in [-0.4, -0.2) is 37.0 Å². The maximum absolute atomic E-state index is 12.2. The molecule has 0 saturated carbocycles. The predicted octanol–water partition coefficient (Wildman–Crippen LogP) is 3.09. The lowest BCUT2D eigenvalue weighted by Crippen LogP contribution is -2.41. The fourth-order valence-corrected chi connectivity index (χ4v) is 2.42. The number of esters is 1. The Bertz CT molecular complexity index is 904. The quantitative estimate of drug-likeness (QED) is 0.515. The molecule has 0 aliphatic rings. The van der Waals surface area contributed by atoms with Crippen molar-refractivity contribution in [1.29, 1.82) is 0 Å². The number of carbonyl (C=O) groups is 3. The largest absolute Gasteiger partial charge is 0.497 e. The molecule has 1 unspecified atom stereocenters. The minimum atomic E-state index is -1.01. The van der Waals surface area contributed by atoms with Gasteiger partial charge in [-0.3, -0.25) is 9.59 Å². The monoisotopic (exact) mass is 410 g/mol. The topological polar surface area (TPSA) is 93.7 Å². The molecule has 2 rings (SSSR count). The van der Waals surface area contributed by atoms with Crippen molar-refractivity contribution in [2.75, 3.05) is 12.4 Å². The van der Waals surface area contributed by atoms with E-state index >= 15 is 0 Å². The Morgan fingerprint density at radius 3 is 2.20 bits per heavy atom. The summed E-state index contributed by atoms with van der Waals surface area (Å²) in [5.74, 6) is -0.890. The van der Waals surface area contributed by atoms with Gasteiger partial charge in [-0.1, -0.05) is 29.8 Å². The fraction of sp³-hybridized carbons (Fsp3) is 0.261. The number of aryl methyl sites for hydroxylation is 1. The maximum Gasteiger partial charge on any atom is 0.329 e. The Morgan fingerprint density at radius 2 is 1.60 bits per heavy atom. The third kappa shape index (κ3) is 7.09.